The molecular weight excluding hydrogens is 740 g/mol. The topological polar surface area (TPSA) is 0 Å². The first-order valence-electron chi connectivity index (χ1n) is 5.63. The number of benzene rings is 2. The van der Waals surface area contributed by atoms with Crippen LogP contribution >= 0.6 is 113 Å². The Morgan fingerprint density at radius 3 is 1.45 bits per heavy atom. The van der Waals surface area contributed by atoms with Crippen molar-refractivity contribution in [2.75, 3.05) is 0 Å². The van der Waals surface area contributed by atoms with Gasteiger partial charge in [0.2, 0.25) is 0 Å². The molecule has 0 aliphatic rings. The summed E-state index contributed by atoms with van der Waals surface area (Å²) < 4.78 is 8.34. The molecule has 2 aromatic heterocycles. The van der Waals surface area contributed by atoms with E-state index in [2.05, 4.69) is 115 Å². The number of fused-ring (bicyclic) bond motifs is 3. The van der Waals surface area contributed by atoms with E-state index in [0.29, 0.717) is 0 Å². The van der Waals surface area contributed by atoms with E-state index in [9.17, 15) is 0 Å². The molecule has 4 rings (SSSR count). The third-order valence-electron chi connectivity index (χ3n) is 3.25. The lowest BCUT2D eigenvalue weighted by molar-refractivity contribution is 1.85. The SMILES string of the molecule is Ic1sc2cc3cc4sc(I)c(I)c4cc3cc2c1I. The smallest absolute Gasteiger partial charge is 0.0799 e. The highest BCUT2D eigenvalue weighted by atomic mass is 127. The van der Waals surface area contributed by atoms with Gasteiger partial charge in [-0.3, -0.25) is 0 Å². The molecule has 0 saturated carbocycles. The molecule has 2 aromatic carbocycles. The van der Waals surface area contributed by atoms with Crippen molar-refractivity contribution in [2.45, 2.75) is 0 Å². The van der Waals surface area contributed by atoms with Crippen LogP contribution in [-0.2, 0) is 0 Å². The number of hydrogen-bond acceptors (Lipinski definition) is 2. The second-order valence-electron chi connectivity index (χ2n) is 4.42. The lowest BCUT2D eigenvalue weighted by atomic mass is 10.1. The number of thiophene rings is 2. The van der Waals surface area contributed by atoms with E-state index in [1.54, 1.807) is 0 Å². The van der Waals surface area contributed by atoms with E-state index in [1.807, 2.05) is 22.7 Å². The summed E-state index contributed by atoms with van der Waals surface area (Å²) in [6.45, 7) is 0. The molecule has 0 aliphatic heterocycles. The van der Waals surface area contributed by atoms with E-state index < -0.39 is 0 Å². The van der Waals surface area contributed by atoms with Crippen LogP contribution in [-0.4, -0.2) is 0 Å². The third kappa shape index (κ3) is 2.34. The largest absolute Gasteiger partial charge is 0.128 e. The molecule has 0 saturated heterocycles. The summed E-state index contributed by atoms with van der Waals surface area (Å²) in [4.78, 5) is 0. The Balaban J connectivity index is 2.18. The summed E-state index contributed by atoms with van der Waals surface area (Å²) in [6.07, 6.45) is 0. The van der Waals surface area contributed by atoms with Crippen molar-refractivity contribution >= 4 is 144 Å². The van der Waals surface area contributed by atoms with Crippen molar-refractivity contribution in [1.29, 1.82) is 0 Å². The highest BCUT2D eigenvalue weighted by molar-refractivity contribution is 14.1. The first-order valence-corrected chi connectivity index (χ1v) is 11.6. The quantitative estimate of drug-likeness (QED) is 0.162. The second kappa shape index (κ2) is 5.56. The van der Waals surface area contributed by atoms with Gasteiger partial charge in [0, 0.05) is 27.3 Å². The second-order valence-corrected chi connectivity index (χ2v) is 12.3. The molecule has 4 aromatic rings. The van der Waals surface area contributed by atoms with Gasteiger partial charge in [-0.25, -0.2) is 0 Å². The van der Waals surface area contributed by atoms with Crippen LogP contribution in [0.15, 0.2) is 24.3 Å². The average molecular weight is 744 g/mol. The fraction of sp³-hybridized carbons (Fsp3) is 0. The molecular formula is C14H4I4S2. The van der Waals surface area contributed by atoms with Crippen LogP contribution in [0.1, 0.15) is 0 Å². The molecule has 0 radical (unpaired) electrons. The standard InChI is InChI=1S/C14H4I4S2/c15-11-7-1-5-2-8-10(20-14(18)12(8)16)4-6(5)3-9(7)19-13(11)17/h1-4H. The molecule has 0 aliphatic carbocycles. The minimum atomic E-state index is 1.35. The highest BCUT2D eigenvalue weighted by Crippen LogP contribution is 2.40. The van der Waals surface area contributed by atoms with Crippen molar-refractivity contribution in [3.63, 3.8) is 0 Å². The number of halogens is 4. The van der Waals surface area contributed by atoms with Gasteiger partial charge in [0.25, 0.3) is 0 Å². The molecule has 2 heterocycles. The molecule has 0 N–H and O–H groups in total. The first-order chi connectivity index (χ1) is 9.54. The van der Waals surface area contributed by atoms with E-state index >= 15 is 0 Å². The summed E-state index contributed by atoms with van der Waals surface area (Å²) in [5.74, 6) is 0. The Labute approximate surface area is 178 Å². The highest BCUT2D eigenvalue weighted by Gasteiger charge is 2.12. The van der Waals surface area contributed by atoms with Crippen LogP contribution in [0.25, 0.3) is 30.9 Å². The van der Waals surface area contributed by atoms with Crippen molar-refractivity contribution < 1.29 is 0 Å². The summed E-state index contributed by atoms with van der Waals surface area (Å²) >= 11 is 13.6. The van der Waals surface area contributed by atoms with Crippen molar-refractivity contribution in [2.24, 2.45) is 0 Å². The maximum atomic E-state index is 2.46. The Hall–Kier alpha value is 1.54. The summed E-state index contributed by atoms with van der Waals surface area (Å²) in [6, 6.07) is 9.40. The summed E-state index contributed by atoms with van der Waals surface area (Å²) in [5.41, 5.74) is 0. The minimum absolute atomic E-state index is 1.35. The maximum absolute atomic E-state index is 2.46. The molecule has 0 amide bonds. The van der Waals surface area contributed by atoms with Crippen LogP contribution < -0.4 is 0 Å². The molecule has 0 spiro atoms. The zero-order chi connectivity index (χ0) is 14.0. The zero-order valence-electron chi connectivity index (χ0n) is 9.64. The Kier molecular flexibility index (Phi) is 4.20. The molecule has 0 unspecified atom stereocenters. The van der Waals surface area contributed by atoms with Gasteiger partial charge in [-0.05, 0) is 125 Å². The first kappa shape index (κ1) is 15.1. The normalized spacial score (nSPS) is 12.0. The summed E-state index contributed by atoms with van der Waals surface area (Å²) in [5, 5.41) is 5.50. The molecule has 20 heavy (non-hydrogen) atoms. The number of hydrogen-bond donors (Lipinski definition) is 0. The van der Waals surface area contributed by atoms with Gasteiger partial charge in [-0.15, -0.1) is 22.7 Å². The van der Waals surface area contributed by atoms with Gasteiger partial charge in [0.1, 0.15) is 0 Å². The molecule has 0 bridgehead atoms. The number of rotatable bonds is 0. The third-order valence-corrected chi connectivity index (χ3v) is 12.6. The Bertz CT molecular complexity index is 920. The molecule has 0 nitrogen and oxygen atoms in total. The Morgan fingerprint density at radius 2 is 1.00 bits per heavy atom. The predicted molar refractivity (Wildman–Crippen MR) is 126 cm³/mol. The zero-order valence-corrected chi connectivity index (χ0v) is 19.9. The van der Waals surface area contributed by atoms with Crippen LogP contribution in [0.4, 0.5) is 0 Å². The van der Waals surface area contributed by atoms with Gasteiger partial charge in [0.15, 0.2) is 0 Å². The van der Waals surface area contributed by atoms with Crippen LogP contribution in [0.2, 0.25) is 0 Å². The van der Waals surface area contributed by atoms with Gasteiger partial charge >= 0.3 is 0 Å². The van der Waals surface area contributed by atoms with Gasteiger partial charge in [0.05, 0.1) is 5.77 Å². The van der Waals surface area contributed by atoms with Crippen LogP contribution in [0.5, 0.6) is 0 Å². The summed E-state index contributed by atoms with van der Waals surface area (Å²) in [7, 11) is 0. The fourth-order valence-electron chi connectivity index (χ4n) is 2.31. The van der Waals surface area contributed by atoms with Gasteiger partial charge in [-0.1, -0.05) is 0 Å². The van der Waals surface area contributed by atoms with E-state index in [0.717, 1.165) is 0 Å². The fourth-order valence-corrected chi connectivity index (χ4v) is 7.94. The van der Waals surface area contributed by atoms with Gasteiger partial charge in [-0.2, -0.15) is 0 Å². The molecule has 0 atom stereocenters. The Morgan fingerprint density at radius 1 is 0.600 bits per heavy atom. The van der Waals surface area contributed by atoms with Crippen LogP contribution in [0, 0.1) is 12.9 Å². The van der Waals surface area contributed by atoms with Crippen molar-refractivity contribution in [3.05, 3.63) is 37.2 Å². The molecule has 0 fully saturated rings. The minimum Gasteiger partial charge on any atom is -0.128 e. The average Bonchev–Trinajstić information content (AvgIpc) is 2.84. The van der Waals surface area contributed by atoms with Crippen LogP contribution in [0.3, 0.4) is 0 Å². The molecule has 6 heteroatoms. The molecule has 100 valence electrons. The monoisotopic (exact) mass is 744 g/mol. The van der Waals surface area contributed by atoms with E-state index in [-0.39, 0.29) is 0 Å². The van der Waals surface area contributed by atoms with Crippen molar-refractivity contribution in [1.82, 2.24) is 0 Å². The van der Waals surface area contributed by atoms with Gasteiger partial charge < -0.3 is 0 Å². The lowest BCUT2D eigenvalue weighted by Gasteiger charge is -2.00. The maximum Gasteiger partial charge on any atom is 0.0799 e. The van der Waals surface area contributed by atoms with E-state index in [1.165, 1.54) is 43.9 Å². The predicted octanol–water partition coefficient (Wildman–Crippen LogP) is 7.69. The lowest BCUT2D eigenvalue weighted by Crippen LogP contribution is -1.76. The van der Waals surface area contributed by atoms with E-state index in [4.69, 9.17) is 0 Å². The van der Waals surface area contributed by atoms with Crippen molar-refractivity contribution in [3.8, 4) is 0 Å².